The maximum atomic E-state index is 11.8. The van der Waals surface area contributed by atoms with E-state index in [1.54, 1.807) is 6.07 Å². The van der Waals surface area contributed by atoms with Crippen molar-refractivity contribution in [2.24, 2.45) is 0 Å². The minimum Gasteiger partial charge on any atom is -0.388 e. The molecular formula is C9H10F3NO. The zero-order valence-electron chi connectivity index (χ0n) is 7.64. The van der Waals surface area contributed by atoms with Gasteiger partial charge in [0.1, 0.15) is 0 Å². The van der Waals surface area contributed by atoms with Crippen molar-refractivity contribution in [2.45, 2.75) is 26.1 Å². The molecule has 0 saturated carbocycles. The van der Waals surface area contributed by atoms with Gasteiger partial charge in [0.2, 0.25) is 5.88 Å². The number of nitrogens with zero attached hydrogens (tertiary/aromatic N) is 1. The molecule has 1 heterocycles. The van der Waals surface area contributed by atoms with E-state index in [4.69, 9.17) is 0 Å². The average Bonchev–Trinajstić information content (AvgIpc) is 2.02. The Hall–Kier alpha value is -1.26. The van der Waals surface area contributed by atoms with E-state index in [0.717, 1.165) is 18.4 Å². The molecule has 78 valence electrons. The number of rotatable bonds is 3. The van der Waals surface area contributed by atoms with Crippen LogP contribution < -0.4 is 4.74 Å². The molecule has 0 N–H and O–H groups in total. The molecule has 0 aliphatic heterocycles. The standard InChI is InChI=1S/C9H10F3NO/c1-2-3-7-4-5-13-8(6-7)14-9(10,11)12/h4-6H,2-3H2,1H3. The zero-order chi connectivity index (χ0) is 10.6. The SMILES string of the molecule is CCCc1ccnc(OC(F)(F)F)c1. The van der Waals surface area contributed by atoms with Gasteiger partial charge < -0.3 is 4.74 Å². The molecule has 0 radical (unpaired) electrons. The molecule has 0 unspecified atom stereocenters. The van der Waals surface area contributed by atoms with E-state index < -0.39 is 12.2 Å². The molecular weight excluding hydrogens is 195 g/mol. The topological polar surface area (TPSA) is 22.1 Å². The summed E-state index contributed by atoms with van der Waals surface area (Å²) in [5.74, 6) is -0.400. The van der Waals surface area contributed by atoms with Gasteiger partial charge in [0, 0.05) is 12.3 Å². The third kappa shape index (κ3) is 3.64. The molecule has 1 aromatic heterocycles. The van der Waals surface area contributed by atoms with Crippen molar-refractivity contribution in [3.8, 4) is 5.88 Å². The Labute approximate surface area is 79.7 Å². The molecule has 0 atom stereocenters. The van der Waals surface area contributed by atoms with Crippen molar-refractivity contribution in [1.82, 2.24) is 4.98 Å². The monoisotopic (exact) mass is 205 g/mol. The smallest absolute Gasteiger partial charge is 0.388 e. The van der Waals surface area contributed by atoms with Crippen molar-refractivity contribution in [2.75, 3.05) is 0 Å². The summed E-state index contributed by atoms with van der Waals surface area (Å²) in [5, 5.41) is 0. The Kier molecular flexibility index (Phi) is 3.33. The van der Waals surface area contributed by atoms with E-state index in [0.29, 0.717) is 0 Å². The highest BCUT2D eigenvalue weighted by Crippen LogP contribution is 2.21. The van der Waals surface area contributed by atoms with Crippen molar-refractivity contribution >= 4 is 0 Å². The Morgan fingerprint density at radius 3 is 2.71 bits per heavy atom. The summed E-state index contributed by atoms with van der Waals surface area (Å²) in [6.45, 7) is 1.95. The number of aromatic nitrogens is 1. The normalized spacial score (nSPS) is 11.4. The molecule has 0 bridgehead atoms. The molecule has 14 heavy (non-hydrogen) atoms. The first-order valence-corrected chi connectivity index (χ1v) is 4.22. The lowest BCUT2D eigenvalue weighted by atomic mass is 10.2. The maximum Gasteiger partial charge on any atom is 0.574 e. The predicted molar refractivity (Wildman–Crippen MR) is 44.9 cm³/mol. The van der Waals surface area contributed by atoms with E-state index in [-0.39, 0.29) is 0 Å². The molecule has 0 aromatic carbocycles. The van der Waals surface area contributed by atoms with E-state index in [1.165, 1.54) is 12.3 Å². The second-order valence-corrected chi connectivity index (χ2v) is 2.80. The molecule has 0 spiro atoms. The van der Waals surface area contributed by atoms with Crippen LogP contribution in [0.15, 0.2) is 18.3 Å². The van der Waals surface area contributed by atoms with Crippen LogP contribution in [0, 0.1) is 0 Å². The van der Waals surface area contributed by atoms with Crippen LogP contribution in [0.3, 0.4) is 0 Å². The van der Waals surface area contributed by atoms with Gasteiger partial charge in [-0.1, -0.05) is 13.3 Å². The number of aryl methyl sites for hydroxylation is 1. The quantitative estimate of drug-likeness (QED) is 0.756. The molecule has 0 aliphatic rings. The predicted octanol–water partition coefficient (Wildman–Crippen LogP) is 2.93. The summed E-state index contributed by atoms with van der Waals surface area (Å²) < 4.78 is 39.1. The van der Waals surface area contributed by atoms with Gasteiger partial charge in [0.25, 0.3) is 0 Å². The molecule has 0 fully saturated rings. The van der Waals surface area contributed by atoms with Crippen molar-refractivity contribution in [3.05, 3.63) is 23.9 Å². The third-order valence-corrected chi connectivity index (χ3v) is 1.56. The number of pyridine rings is 1. The lowest BCUT2D eigenvalue weighted by Crippen LogP contribution is -2.17. The van der Waals surface area contributed by atoms with Crippen LogP contribution in [0.25, 0.3) is 0 Å². The summed E-state index contributed by atoms with van der Waals surface area (Å²) in [5.41, 5.74) is 0.793. The Balaban J connectivity index is 2.73. The maximum absolute atomic E-state index is 11.8. The molecule has 1 rings (SSSR count). The lowest BCUT2D eigenvalue weighted by Gasteiger charge is -2.08. The Morgan fingerprint density at radius 1 is 1.43 bits per heavy atom. The van der Waals surface area contributed by atoms with Crippen molar-refractivity contribution < 1.29 is 17.9 Å². The molecule has 0 amide bonds. The first-order chi connectivity index (χ1) is 6.51. The fraction of sp³-hybridized carbons (Fsp3) is 0.444. The molecule has 0 aliphatic carbocycles. The van der Waals surface area contributed by atoms with Gasteiger partial charge in [-0.3, -0.25) is 0 Å². The number of ether oxygens (including phenoxy) is 1. The van der Waals surface area contributed by atoms with Gasteiger partial charge in [0.15, 0.2) is 0 Å². The second-order valence-electron chi connectivity index (χ2n) is 2.80. The van der Waals surface area contributed by atoms with E-state index in [1.807, 2.05) is 6.92 Å². The van der Waals surface area contributed by atoms with Crippen molar-refractivity contribution in [3.63, 3.8) is 0 Å². The highest BCUT2D eigenvalue weighted by molar-refractivity contribution is 5.20. The molecule has 1 aromatic rings. The highest BCUT2D eigenvalue weighted by Gasteiger charge is 2.31. The van der Waals surface area contributed by atoms with Crippen molar-refractivity contribution in [1.29, 1.82) is 0 Å². The number of alkyl halides is 3. The van der Waals surface area contributed by atoms with Crippen LogP contribution in [0.5, 0.6) is 5.88 Å². The second kappa shape index (κ2) is 4.30. The first kappa shape index (κ1) is 10.8. The summed E-state index contributed by atoms with van der Waals surface area (Å²) in [6.07, 6.45) is -1.77. The number of hydrogen-bond donors (Lipinski definition) is 0. The third-order valence-electron chi connectivity index (χ3n) is 1.56. The van der Waals surface area contributed by atoms with Crippen LogP contribution in [-0.2, 0) is 6.42 Å². The minimum absolute atomic E-state index is 0.400. The molecule has 2 nitrogen and oxygen atoms in total. The van der Waals surface area contributed by atoms with E-state index in [2.05, 4.69) is 9.72 Å². The Morgan fingerprint density at radius 2 is 2.14 bits per heavy atom. The van der Waals surface area contributed by atoms with E-state index >= 15 is 0 Å². The summed E-state index contributed by atoms with van der Waals surface area (Å²) in [6, 6.07) is 2.98. The van der Waals surface area contributed by atoms with Gasteiger partial charge in [-0.05, 0) is 18.1 Å². The largest absolute Gasteiger partial charge is 0.574 e. The van der Waals surface area contributed by atoms with Crippen LogP contribution >= 0.6 is 0 Å². The van der Waals surface area contributed by atoms with Gasteiger partial charge in [-0.2, -0.15) is 0 Å². The molecule has 5 heteroatoms. The summed E-state index contributed by atoms with van der Waals surface area (Å²) >= 11 is 0. The van der Waals surface area contributed by atoms with Gasteiger partial charge in [0.05, 0.1) is 0 Å². The van der Waals surface area contributed by atoms with Gasteiger partial charge in [-0.25, -0.2) is 4.98 Å². The van der Waals surface area contributed by atoms with E-state index in [9.17, 15) is 13.2 Å². The lowest BCUT2D eigenvalue weighted by molar-refractivity contribution is -0.276. The fourth-order valence-electron chi connectivity index (χ4n) is 1.07. The van der Waals surface area contributed by atoms with Gasteiger partial charge >= 0.3 is 6.36 Å². The van der Waals surface area contributed by atoms with Crippen LogP contribution in [0.4, 0.5) is 13.2 Å². The van der Waals surface area contributed by atoms with Crippen LogP contribution in [-0.4, -0.2) is 11.3 Å². The van der Waals surface area contributed by atoms with Crippen LogP contribution in [0.2, 0.25) is 0 Å². The summed E-state index contributed by atoms with van der Waals surface area (Å²) in [7, 11) is 0. The number of halogens is 3. The molecule has 0 saturated heterocycles. The summed E-state index contributed by atoms with van der Waals surface area (Å²) in [4.78, 5) is 3.46. The first-order valence-electron chi connectivity index (χ1n) is 4.22. The minimum atomic E-state index is -4.67. The average molecular weight is 205 g/mol. The number of hydrogen-bond acceptors (Lipinski definition) is 2. The zero-order valence-corrected chi connectivity index (χ0v) is 7.64. The highest BCUT2D eigenvalue weighted by atomic mass is 19.4. The Bertz CT molecular complexity index is 298. The van der Waals surface area contributed by atoms with Crippen LogP contribution in [0.1, 0.15) is 18.9 Å². The fourth-order valence-corrected chi connectivity index (χ4v) is 1.07. The van der Waals surface area contributed by atoms with Gasteiger partial charge in [-0.15, -0.1) is 13.2 Å².